The number of nitrogens with zero attached hydrogens (tertiary/aromatic N) is 2. The van der Waals surface area contributed by atoms with Crippen molar-refractivity contribution in [3.05, 3.63) is 35.9 Å². The van der Waals surface area contributed by atoms with Gasteiger partial charge in [-0.15, -0.1) is 0 Å². The van der Waals surface area contributed by atoms with E-state index in [-0.39, 0.29) is 18.4 Å². The zero-order valence-electron chi connectivity index (χ0n) is 12.3. The first-order valence-electron chi connectivity index (χ1n) is 7.50. The first-order chi connectivity index (χ1) is 10.2. The van der Waals surface area contributed by atoms with Crippen LogP contribution in [0.2, 0.25) is 0 Å². The zero-order valence-corrected chi connectivity index (χ0v) is 12.3. The van der Waals surface area contributed by atoms with E-state index >= 15 is 0 Å². The van der Waals surface area contributed by atoms with Gasteiger partial charge >= 0.3 is 0 Å². The molecule has 1 aromatic rings. The van der Waals surface area contributed by atoms with Crippen LogP contribution < -0.4 is 5.73 Å². The number of benzene rings is 1. The van der Waals surface area contributed by atoms with E-state index in [0.29, 0.717) is 26.1 Å². The highest BCUT2D eigenvalue weighted by atomic mass is 16.2. The lowest BCUT2D eigenvalue weighted by atomic mass is 10.1. The molecule has 1 aromatic carbocycles. The Kier molecular flexibility index (Phi) is 5.75. The van der Waals surface area contributed by atoms with E-state index in [2.05, 4.69) is 0 Å². The van der Waals surface area contributed by atoms with Gasteiger partial charge in [0.05, 0.1) is 6.54 Å². The highest BCUT2D eigenvalue weighted by Gasteiger charge is 2.20. The largest absolute Gasteiger partial charge is 0.341 e. The molecule has 0 bridgehead atoms. The Labute approximate surface area is 125 Å². The minimum absolute atomic E-state index is 0.0337. The average molecular weight is 289 g/mol. The zero-order chi connectivity index (χ0) is 15.1. The molecule has 21 heavy (non-hydrogen) atoms. The molecule has 1 aliphatic heterocycles. The lowest BCUT2D eigenvalue weighted by molar-refractivity contribution is -0.132. The number of rotatable bonds is 4. The average Bonchev–Trinajstić information content (AvgIpc) is 2.79. The Morgan fingerprint density at radius 1 is 0.952 bits per heavy atom. The Morgan fingerprint density at radius 2 is 1.57 bits per heavy atom. The standard InChI is InChI=1S/C16H23N3O2/c17-13-16(21)19-10-4-9-18(11-12-19)15(20)8-7-14-5-2-1-3-6-14/h1-3,5-6H,4,7-13,17H2. The van der Waals surface area contributed by atoms with Crippen molar-refractivity contribution in [2.45, 2.75) is 19.3 Å². The Morgan fingerprint density at radius 3 is 2.19 bits per heavy atom. The van der Waals surface area contributed by atoms with Gasteiger partial charge in [0.2, 0.25) is 11.8 Å². The fraction of sp³-hybridized carbons (Fsp3) is 0.500. The third-order valence-corrected chi connectivity index (χ3v) is 3.85. The van der Waals surface area contributed by atoms with Crippen molar-refractivity contribution >= 4 is 11.8 Å². The van der Waals surface area contributed by atoms with Crippen LogP contribution in [0.5, 0.6) is 0 Å². The minimum atomic E-state index is -0.0337. The summed E-state index contributed by atoms with van der Waals surface area (Å²) in [6.45, 7) is 2.66. The van der Waals surface area contributed by atoms with E-state index in [0.717, 1.165) is 19.4 Å². The third kappa shape index (κ3) is 4.56. The van der Waals surface area contributed by atoms with Gasteiger partial charge in [-0.1, -0.05) is 30.3 Å². The molecule has 0 radical (unpaired) electrons. The fourth-order valence-electron chi connectivity index (χ4n) is 2.60. The molecule has 0 atom stereocenters. The molecule has 0 spiro atoms. The van der Waals surface area contributed by atoms with Crippen LogP contribution in [0.1, 0.15) is 18.4 Å². The van der Waals surface area contributed by atoms with Crippen LogP contribution in [-0.4, -0.2) is 54.3 Å². The molecule has 0 saturated carbocycles. The predicted molar refractivity (Wildman–Crippen MR) is 81.6 cm³/mol. The normalized spacial score (nSPS) is 15.7. The van der Waals surface area contributed by atoms with Gasteiger partial charge in [-0.25, -0.2) is 0 Å². The molecule has 2 rings (SSSR count). The van der Waals surface area contributed by atoms with Crippen molar-refractivity contribution in [3.8, 4) is 0 Å². The van der Waals surface area contributed by atoms with Gasteiger partial charge in [-0.3, -0.25) is 9.59 Å². The summed E-state index contributed by atoms with van der Waals surface area (Å²) in [7, 11) is 0. The Bertz CT molecular complexity index is 476. The number of hydrogen-bond acceptors (Lipinski definition) is 3. The molecule has 2 N–H and O–H groups in total. The summed E-state index contributed by atoms with van der Waals surface area (Å²) in [6.07, 6.45) is 2.11. The second-order valence-electron chi connectivity index (χ2n) is 5.30. The fourth-order valence-corrected chi connectivity index (χ4v) is 2.60. The molecule has 2 amide bonds. The van der Waals surface area contributed by atoms with Crippen LogP contribution >= 0.6 is 0 Å². The van der Waals surface area contributed by atoms with Crippen LogP contribution in [0, 0.1) is 0 Å². The molecular weight excluding hydrogens is 266 g/mol. The molecule has 5 nitrogen and oxygen atoms in total. The molecule has 1 heterocycles. The van der Waals surface area contributed by atoms with Crippen LogP contribution in [0.4, 0.5) is 0 Å². The van der Waals surface area contributed by atoms with Crippen molar-refractivity contribution in [2.75, 3.05) is 32.7 Å². The highest BCUT2D eigenvalue weighted by Crippen LogP contribution is 2.08. The smallest absolute Gasteiger partial charge is 0.236 e. The maximum absolute atomic E-state index is 12.3. The third-order valence-electron chi connectivity index (χ3n) is 3.85. The maximum atomic E-state index is 12.3. The number of nitrogens with two attached hydrogens (primary N) is 1. The van der Waals surface area contributed by atoms with E-state index in [1.165, 1.54) is 5.56 Å². The number of amides is 2. The van der Waals surface area contributed by atoms with E-state index in [9.17, 15) is 9.59 Å². The first-order valence-corrected chi connectivity index (χ1v) is 7.50. The lowest BCUT2D eigenvalue weighted by Gasteiger charge is -2.22. The van der Waals surface area contributed by atoms with Crippen LogP contribution in [0.25, 0.3) is 0 Å². The summed E-state index contributed by atoms with van der Waals surface area (Å²) in [6, 6.07) is 10.0. The maximum Gasteiger partial charge on any atom is 0.236 e. The topological polar surface area (TPSA) is 66.6 Å². The summed E-state index contributed by atoms with van der Waals surface area (Å²) in [5.41, 5.74) is 6.57. The van der Waals surface area contributed by atoms with Gasteiger partial charge in [0.1, 0.15) is 0 Å². The lowest BCUT2D eigenvalue weighted by Crippen LogP contribution is -2.39. The summed E-state index contributed by atoms with van der Waals surface area (Å²) in [4.78, 5) is 27.5. The first kappa shape index (κ1) is 15.5. The van der Waals surface area contributed by atoms with Gasteiger partial charge in [0.15, 0.2) is 0 Å². The van der Waals surface area contributed by atoms with E-state index in [1.54, 1.807) is 4.90 Å². The van der Waals surface area contributed by atoms with Crippen molar-refractivity contribution in [1.29, 1.82) is 0 Å². The number of carbonyl (C=O) groups is 2. The minimum Gasteiger partial charge on any atom is -0.341 e. The molecule has 1 fully saturated rings. The molecule has 0 aromatic heterocycles. The van der Waals surface area contributed by atoms with Crippen molar-refractivity contribution < 1.29 is 9.59 Å². The summed E-state index contributed by atoms with van der Waals surface area (Å²) < 4.78 is 0. The predicted octanol–water partition coefficient (Wildman–Crippen LogP) is 0.639. The SMILES string of the molecule is NCC(=O)N1CCCN(C(=O)CCc2ccccc2)CC1. The van der Waals surface area contributed by atoms with Gasteiger partial charge in [0.25, 0.3) is 0 Å². The number of aryl methyl sites for hydroxylation is 1. The molecule has 1 saturated heterocycles. The van der Waals surface area contributed by atoms with Crippen LogP contribution in [0.15, 0.2) is 30.3 Å². The number of hydrogen-bond donors (Lipinski definition) is 1. The van der Waals surface area contributed by atoms with Gasteiger partial charge in [0, 0.05) is 32.6 Å². The van der Waals surface area contributed by atoms with Crippen molar-refractivity contribution in [3.63, 3.8) is 0 Å². The molecule has 114 valence electrons. The number of carbonyl (C=O) groups excluding carboxylic acids is 2. The van der Waals surface area contributed by atoms with Crippen molar-refractivity contribution in [2.24, 2.45) is 5.73 Å². The summed E-state index contributed by atoms with van der Waals surface area (Å²) >= 11 is 0. The quantitative estimate of drug-likeness (QED) is 0.884. The molecule has 0 unspecified atom stereocenters. The van der Waals surface area contributed by atoms with Crippen molar-refractivity contribution in [1.82, 2.24) is 9.80 Å². The highest BCUT2D eigenvalue weighted by molar-refractivity contribution is 5.79. The van der Waals surface area contributed by atoms with Crippen LogP contribution in [-0.2, 0) is 16.0 Å². The molecular formula is C16H23N3O2. The molecule has 5 heteroatoms. The second kappa shape index (κ2) is 7.78. The Hall–Kier alpha value is -1.88. The van der Waals surface area contributed by atoms with Gasteiger partial charge < -0.3 is 15.5 Å². The monoisotopic (exact) mass is 289 g/mol. The van der Waals surface area contributed by atoms with Gasteiger partial charge in [-0.2, -0.15) is 0 Å². The summed E-state index contributed by atoms with van der Waals surface area (Å²) in [5, 5.41) is 0. The van der Waals surface area contributed by atoms with Gasteiger partial charge in [-0.05, 0) is 18.4 Å². The second-order valence-corrected chi connectivity index (χ2v) is 5.30. The Balaban J connectivity index is 1.81. The van der Waals surface area contributed by atoms with Crippen LogP contribution in [0.3, 0.4) is 0 Å². The molecule has 1 aliphatic rings. The summed E-state index contributed by atoms with van der Waals surface area (Å²) in [5.74, 6) is 0.134. The van der Waals surface area contributed by atoms with E-state index in [1.807, 2.05) is 35.2 Å². The molecule has 0 aliphatic carbocycles. The van der Waals surface area contributed by atoms with E-state index < -0.39 is 0 Å². The van der Waals surface area contributed by atoms with E-state index in [4.69, 9.17) is 5.73 Å².